The molecule has 0 radical (unpaired) electrons. The fourth-order valence-corrected chi connectivity index (χ4v) is 2.89. The molecular formula is C16H15ClO. The van der Waals surface area contributed by atoms with Crippen LogP contribution in [0.25, 0.3) is 0 Å². The number of aliphatic hydroxyl groups excluding tert-OH is 1. The second-order valence-electron chi connectivity index (χ2n) is 4.87. The predicted molar refractivity (Wildman–Crippen MR) is 74.0 cm³/mol. The average Bonchev–Trinajstić information content (AvgIpc) is 2.34. The average molecular weight is 259 g/mol. The molecule has 0 heterocycles. The molecule has 0 bridgehead atoms. The second kappa shape index (κ2) is 4.75. The summed E-state index contributed by atoms with van der Waals surface area (Å²) in [4.78, 5) is 0. The van der Waals surface area contributed by atoms with Crippen LogP contribution in [0.15, 0.2) is 48.5 Å². The van der Waals surface area contributed by atoms with E-state index in [1.807, 2.05) is 30.3 Å². The van der Waals surface area contributed by atoms with Crippen molar-refractivity contribution >= 4 is 11.6 Å². The number of hydrogen-bond donors (Lipinski definition) is 1. The van der Waals surface area contributed by atoms with Gasteiger partial charge in [-0.1, -0.05) is 54.1 Å². The largest absolute Gasteiger partial charge is 0.392 e. The first-order valence-corrected chi connectivity index (χ1v) is 6.63. The van der Waals surface area contributed by atoms with Crippen LogP contribution in [0.4, 0.5) is 0 Å². The standard InChI is InChI=1S/C16H15ClO/c17-15-8-4-2-6-12(15)10-16(18)14-9-11-5-1-3-7-13(11)14/h1-8,14,16,18H,9-10H2. The highest BCUT2D eigenvalue weighted by Crippen LogP contribution is 2.38. The predicted octanol–water partition coefficient (Wildman–Crippen LogP) is 3.58. The van der Waals surface area contributed by atoms with Gasteiger partial charge in [-0.05, 0) is 29.2 Å². The SMILES string of the molecule is OC(Cc1ccccc1Cl)C1Cc2ccccc21. The van der Waals surface area contributed by atoms with Crippen LogP contribution in [-0.4, -0.2) is 11.2 Å². The Hall–Kier alpha value is -1.31. The van der Waals surface area contributed by atoms with Crippen molar-refractivity contribution in [3.63, 3.8) is 0 Å². The maximum absolute atomic E-state index is 10.3. The fourth-order valence-electron chi connectivity index (χ4n) is 2.67. The Bertz CT molecular complexity index is 565. The third-order valence-electron chi connectivity index (χ3n) is 3.75. The Morgan fingerprint density at radius 3 is 2.61 bits per heavy atom. The summed E-state index contributed by atoms with van der Waals surface area (Å²) in [6.07, 6.45) is 1.25. The first kappa shape index (κ1) is 11.8. The van der Waals surface area contributed by atoms with Crippen molar-refractivity contribution in [3.8, 4) is 0 Å². The van der Waals surface area contributed by atoms with E-state index < -0.39 is 0 Å². The molecule has 1 aliphatic rings. The quantitative estimate of drug-likeness (QED) is 0.892. The molecule has 0 fully saturated rings. The van der Waals surface area contributed by atoms with E-state index >= 15 is 0 Å². The van der Waals surface area contributed by atoms with Crippen molar-refractivity contribution in [1.29, 1.82) is 0 Å². The lowest BCUT2D eigenvalue weighted by molar-refractivity contribution is 0.133. The number of aliphatic hydroxyl groups is 1. The summed E-state index contributed by atoms with van der Waals surface area (Å²) >= 11 is 6.12. The normalized spacial score (nSPS) is 18.9. The van der Waals surface area contributed by atoms with Crippen LogP contribution in [-0.2, 0) is 12.8 Å². The van der Waals surface area contributed by atoms with Gasteiger partial charge in [0.05, 0.1) is 6.10 Å². The Kier molecular flexibility index (Phi) is 3.11. The molecular weight excluding hydrogens is 244 g/mol. The Labute approximate surface area is 112 Å². The summed E-state index contributed by atoms with van der Waals surface area (Å²) in [5, 5.41) is 11.1. The van der Waals surface area contributed by atoms with Crippen LogP contribution in [0.1, 0.15) is 22.6 Å². The van der Waals surface area contributed by atoms with E-state index in [9.17, 15) is 5.11 Å². The molecule has 2 heteroatoms. The van der Waals surface area contributed by atoms with Crippen LogP contribution in [0.5, 0.6) is 0 Å². The fraction of sp³-hybridized carbons (Fsp3) is 0.250. The van der Waals surface area contributed by atoms with Gasteiger partial charge in [-0.25, -0.2) is 0 Å². The van der Waals surface area contributed by atoms with Crippen molar-refractivity contribution in [2.45, 2.75) is 24.9 Å². The van der Waals surface area contributed by atoms with Gasteiger partial charge in [-0.2, -0.15) is 0 Å². The highest BCUT2D eigenvalue weighted by atomic mass is 35.5. The first-order chi connectivity index (χ1) is 8.75. The minimum absolute atomic E-state index is 0.262. The summed E-state index contributed by atoms with van der Waals surface area (Å²) in [6, 6.07) is 16.1. The topological polar surface area (TPSA) is 20.2 Å². The zero-order valence-electron chi connectivity index (χ0n) is 10.0. The van der Waals surface area contributed by atoms with Gasteiger partial charge in [0.25, 0.3) is 0 Å². The molecule has 2 unspecified atom stereocenters. The molecule has 1 nitrogen and oxygen atoms in total. The van der Waals surface area contributed by atoms with Crippen LogP contribution < -0.4 is 0 Å². The first-order valence-electron chi connectivity index (χ1n) is 6.25. The van der Waals surface area contributed by atoms with Gasteiger partial charge < -0.3 is 5.11 Å². The van der Waals surface area contributed by atoms with E-state index in [4.69, 9.17) is 11.6 Å². The molecule has 1 N–H and O–H groups in total. The van der Waals surface area contributed by atoms with Crippen LogP contribution in [0.2, 0.25) is 5.02 Å². The molecule has 0 aliphatic heterocycles. The second-order valence-corrected chi connectivity index (χ2v) is 5.28. The van der Waals surface area contributed by atoms with E-state index in [0.29, 0.717) is 6.42 Å². The Morgan fingerprint density at radius 2 is 1.83 bits per heavy atom. The van der Waals surface area contributed by atoms with Gasteiger partial charge in [0, 0.05) is 17.4 Å². The van der Waals surface area contributed by atoms with Gasteiger partial charge in [-0.3, -0.25) is 0 Å². The van der Waals surface area contributed by atoms with Gasteiger partial charge in [-0.15, -0.1) is 0 Å². The number of rotatable bonds is 3. The van der Waals surface area contributed by atoms with Crippen molar-refractivity contribution in [2.75, 3.05) is 0 Å². The van der Waals surface area contributed by atoms with Gasteiger partial charge in [0.15, 0.2) is 0 Å². The lowest BCUT2D eigenvalue weighted by Crippen LogP contribution is -2.30. The van der Waals surface area contributed by atoms with Gasteiger partial charge in [0.1, 0.15) is 0 Å². The Morgan fingerprint density at radius 1 is 1.11 bits per heavy atom. The molecule has 3 rings (SSSR count). The number of hydrogen-bond acceptors (Lipinski definition) is 1. The smallest absolute Gasteiger partial charge is 0.0652 e. The summed E-state index contributed by atoms with van der Waals surface area (Å²) in [6.45, 7) is 0. The number of benzene rings is 2. The van der Waals surface area contributed by atoms with Crippen molar-refractivity contribution < 1.29 is 5.11 Å². The molecule has 0 saturated carbocycles. The third-order valence-corrected chi connectivity index (χ3v) is 4.11. The van der Waals surface area contributed by atoms with Crippen LogP contribution in [0.3, 0.4) is 0 Å². The van der Waals surface area contributed by atoms with Crippen molar-refractivity contribution in [2.24, 2.45) is 0 Å². The summed E-state index contributed by atoms with van der Waals surface area (Å²) < 4.78 is 0. The Balaban J connectivity index is 1.75. The molecule has 2 aromatic rings. The third kappa shape index (κ3) is 2.05. The van der Waals surface area contributed by atoms with Crippen molar-refractivity contribution in [3.05, 3.63) is 70.2 Å². The van der Waals surface area contributed by atoms with Crippen molar-refractivity contribution in [1.82, 2.24) is 0 Å². The van der Waals surface area contributed by atoms with Gasteiger partial charge in [0.2, 0.25) is 0 Å². The molecule has 1 aliphatic carbocycles. The molecule has 92 valence electrons. The lowest BCUT2D eigenvalue weighted by atomic mass is 9.73. The summed E-state index contributed by atoms with van der Waals surface area (Å²) in [7, 11) is 0. The lowest BCUT2D eigenvalue weighted by Gasteiger charge is -2.34. The van der Waals surface area contributed by atoms with Crippen LogP contribution >= 0.6 is 11.6 Å². The summed E-state index contributed by atoms with van der Waals surface area (Å²) in [5.41, 5.74) is 3.67. The molecule has 0 saturated heterocycles. The molecule has 2 aromatic carbocycles. The maximum atomic E-state index is 10.3. The molecule has 18 heavy (non-hydrogen) atoms. The highest BCUT2D eigenvalue weighted by Gasteiger charge is 2.31. The number of halogens is 1. The van der Waals surface area contributed by atoms with Crippen LogP contribution in [0, 0.1) is 0 Å². The molecule has 2 atom stereocenters. The minimum atomic E-state index is -0.347. The summed E-state index contributed by atoms with van der Waals surface area (Å²) in [5.74, 6) is 0.262. The maximum Gasteiger partial charge on any atom is 0.0652 e. The molecule has 0 spiro atoms. The zero-order chi connectivity index (χ0) is 12.5. The molecule has 0 amide bonds. The van der Waals surface area contributed by atoms with E-state index in [1.165, 1.54) is 11.1 Å². The van der Waals surface area contributed by atoms with Gasteiger partial charge >= 0.3 is 0 Å². The zero-order valence-corrected chi connectivity index (χ0v) is 10.8. The minimum Gasteiger partial charge on any atom is -0.392 e. The molecule has 0 aromatic heterocycles. The van der Waals surface area contributed by atoms with E-state index in [0.717, 1.165) is 17.0 Å². The van der Waals surface area contributed by atoms with E-state index in [2.05, 4.69) is 18.2 Å². The monoisotopic (exact) mass is 258 g/mol. The van der Waals surface area contributed by atoms with E-state index in [-0.39, 0.29) is 12.0 Å². The number of fused-ring (bicyclic) bond motifs is 1. The van der Waals surface area contributed by atoms with E-state index in [1.54, 1.807) is 0 Å². The highest BCUT2D eigenvalue weighted by molar-refractivity contribution is 6.31.